The van der Waals surface area contributed by atoms with Gasteiger partial charge in [0.15, 0.2) is 10.1 Å². The van der Waals surface area contributed by atoms with E-state index in [-0.39, 0.29) is 17.7 Å². The predicted molar refractivity (Wildman–Crippen MR) is 117 cm³/mol. The number of carbonyl (C=O) groups is 2. The Morgan fingerprint density at radius 3 is 2.34 bits per heavy atom. The first-order valence-corrected chi connectivity index (χ1v) is 11.3. The molecule has 0 N–H and O–H groups in total. The highest BCUT2D eigenvalue weighted by atomic mass is 32.2. The molecule has 148 valence electrons. The van der Waals surface area contributed by atoms with Gasteiger partial charge >= 0.3 is 0 Å². The molecule has 0 radical (unpaired) electrons. The van der Waals surface area contributed by atoms with Gasteiger partial charge in [-0.1, -0.05) is 90.7 Å². The van der Waals surface area contributed by atoms with Crippen molar-refractivity contribution in [1.82, 2.24) is 10.2 Å². The van der Waals surface area contributed by atoms with Crippen molar-refractivity contribution in [3.8, 4) is 0 Å². The number of amides is 1. The fourth-order valence-electron chi connectivity index (χ4n) is 3.07. The maximum atomic E-state index is 13.2. The number of aromatic nitrogens is 2. The van der Waals surface area contributed by atoms with Crippen molar-refractivity contribution >= 4 is 39.9 Å². The van der Waals surface area contributed by atoms with Gasteiger partial charge in [-0.25, -0.2) is 0 Å². The molecular weight excluding hydrogens is 402 g/mol. The molecule has 0 bridgehead atoms. The zero-order valence-electron chi connectivity index (χ0n) is 16.0. The molecule has 0 aliphatic heterocycles. The number of rotatable bonds is 8. The number of carbonyl (C=O) groups excluding carboxylic acids is 2. The smallest absolute Gasteiger partial charge is 0.228 e. The Balaban J connectivity index is 1.61. The molecule has 0 unspecified atom stereocenters. The number of thioether (sulfide) groups is 1. The van der Waals surface area contributed by atoms with E-state index in [2.05, 4.69) is 10.2 Å². The summed E-state index contributed by atoms with van der Waals surface area (Å²) in [6.07, 6.45) is 2.46. The lowest BCUT2D eigenvalue weighted by atomic mass is 10.0. The lowest BCUT2D eigenvalue weighted by Gasteiger charge is -2.17. The molecule has 1 amide bonds. The average Bonchev–Trinajstić information content (AvgIpc) is 3.50. The standard InChI is InChI=1S/C22H21N3O2S2/c1-2-18(26)25(17-13-14-17)21-23-24-22(29-21)28-20(16-11-7-4-8-12-16)19(27)15-9-5-3-6-10-15/h3-12,17,20H,2,13-14H2,1H3/t20-/m1/s1. The van der Waals surface area contributed by atoms with Crippen molar-refractivity contribution in [3.05, 3.63) is 71.8 Å². The molecular formula is C22H21N3O2S2. The fourth-order valence-corrected chi connectivity index (χ4v) is 5.27. The van der Waals surface area contributed by atoms with Gasteiger partial charge in [-0.05, 0) is 18.4 Å². The highest BCUT2D eigenvalue weighted by Crippen LogP contribution is 2.42. The molecule has 1 aliphatic carbocycles. The predicted octanol–water partition coefficient (Wildman–Crippen LogP) is 5.16. The van der Waals surface area contributed by atoms with E-state index in [0.717, 1.165) is 18.4 Å². The molecule has 1 fully saturated rings. The molecule has 4 rings (SSSR count). The number of nitrogens with zero attached hydrogens (tertiary/aromatic N) is 3. The molecule has 1 atom stereocenters. The second-order valence-electron chi connectivity index (χ2n) is 6.84. The van der Waals surface area contributed by atoms with Crippen LogP contribution < -0.4 is 4.90 Å². The quantitative estimate of drug-likeness (QED) is 0.284. The van der Waals surface area contributed by atoms with E-state index in [1.807, 2.05) is 67.6 Å². The third kappa shape index (κ3) is 4.57. The van der Waals surface area contributed by atoms with Gasteiger partial charge in [-0.3, -0.25) is 14.5 Å². The molecule has 1 aromatic heterocycles. The molecule has 1 heterocycles. The summed E-state index contributed by atoms with van der Waals surface area (Å²) in [5.41, 5.74) is 1.59. The minimum atomic E-state index is -0.421. The summed E-state index contributed by atoms with van der Waals surface area (Å²) in [5, 5.41) is 8.76. The molecule has 7 heteroatoms. The van der Waals surface area contributed by atoms with Crippen LogP contribution in [0, 0.1) is 0 Å². The minimum Gasteiger partial charge on any atom is -0.293 e. The third-order valence-corrected chi connectivity index (χ3v) is 6.96. The summed E-state index contributed by atoms with van der Waals surface area (Å²) < 4.78 is 0.688. The van der Waals surface area contributed by atoms with Crippen LogP contribution in [-0.2, 0) is 4.79 Å². The highest BCUT2D eigenvalue weighted by molar-refractivity contribution is 8.02. The number of Topliss-reactive ketones (excluding diaryl/α,β-unsaturated/α-hetero) is 1. The van der Waals surface area contributed by atoms with Gasteiger partial charge in [0.1, 0.15) is 0 Å². The number of benzene rings is 2. The summed E-state index contributed by atoms with van der Waals surface area (Å²) in [7, 11) is 0. The Bertz CT molecular complexity index is 988. The zero-order chi connectivity index (χ0) is 20.2. The van der Waals surface area contributed by atoms with Crippen molar-refractivity contribution in [1.29, 1.82) is 0 Å². The normalized spacial score (nSPS) is 14.4. The summed E-state index contributed by atoms with van der Waals surface area (Å²) in [6.45, 7) is 1.86. The molecule has 3 aromatic rings. The second-order valence-corrected chi connectivity index (χ2v) is 9.15. The summed E-state index contributed by atoms with van der Waals surface area (Å²) in [6, 6.07) is 19.3. The molecule has 0 saturated heterocycles. The SMILES string of the molecule is CCC(=O)N(c1nnc(S[C@@H](C(=O)c2ccccc2)c2ccccc2)s1)C1CC1. The van der Waals surface area contributed by atoms with Gasteiger partial charge < -0.3 is 0 Å². The summed E-state index contributed by atoms with van der Waals surface area (Å²) in [5.74, 6) is 0.0994. The first kappa shape index (κ1) is 19.8. The number of hydrogen-bond acceptors (Lipinski definition) is 6. The van der Waals surface area contributed by atoms with Crippen molar-refractivity contribution < 1.29 is 9.59 Å². The van der Waals surface area contributed by atoms with Crippen molar-refractivity contribution in [3.63, 3.8) is 0 Å². The van der Waals surface area contributed by atoms with Crippen LogP contribution in [0.2, 0.25) is 0 Å². The van der Waals surface area contributed by atoms with Gasteiger partial charge in [-0.2, -0.15) is 0 Å². The van der Waals surface area contributed by atoms with Crippen LogP contribution in [0.25, 0.3) is 0 Å². The second kappa shape index (κ2) is 8.88. The Morgan fingerprint density at radius 1 is 1.07 bits per heavy atom. The van der Waals surface area contributed by atoms with E-state index in [0.29, 0.717) is 21.5 Å². The fraction of sp³-hybridized carbons (Fsp3) is 0.273. The number of anilines is 1. The Kier molecular flexibility index (Phi) is 6.06. The van der Waals surface area contributed by atoms with Crippen molar-refractivity contribution in [2.24, 2.45) is 0 Å². The lowest BCUT2D eigenvalue weighted by Crippen LogP contribution is -2.32. The van der Waals surface area contributed by atoms with Crippen LogP contribution >= 0.6 is 23.1 Å². The molecule has 1 aliphatic rings. The maximum Gasteiger partial charge on any atom is 0.228 e. The van der Waals surface area contributed by atoms with Gasteiger partial charge in [-0.15, -0.1) is 10.2 Å². The molecule has 2 aromatic carbocycles. The first-order valence-electron chi connectivity index (χ1n) is 9.63. The Morgan fingerprint density at radius 2 is 1.72 bits per heavy atom. The van der Waals surface area contributed by atoms with Crippen molar-refractivity contribution in [2.75, 3.05) is 4.90 Å². The molecule has 5 nitrogen and oxygen atoms in total. The lowest BCUT2D eigenvalue weighted by molar-refractivity contribution is -0.118. The Labute approximate surface area is 178 Å². The van der Waals surface area contributed by atoms with E-state index in [9.17, 15) is 9.59 Å². The van der Waals surface area contributed by atoms with Crippen LogP contribution in [0.3, 0.4) is 0 Å². The first-order chi connectivity index (χ1) is 14.2. The summed E-state index contributed by atoms with van der Waals surface area (Å²) >= 11 is 2.77. The van der Waals surface area contributed by atoms with Crippen LogP contribution in [0.5, 0.6) is 0 Å². The largest absolute Gasteiger partial charge is 0.293 e. The average molecular weight is 424 g/mol. The summed E-state index contributed by atoms with van der Waals surface area (Å²) in [4.78, 5) is 27.4. The van der Waals surface area contributed by atoms with E-state index in [1.165, 1.54) is 23.1 Å². The van der Waals surface area contributed by atoms with Crippen LogP contribution in [0.15, 0.2) is 65.0 Å². The van der Waals surface area contributed by atoms with Gasteiger partial charge in [0.05, 0.1) is 5.25 Å². The molecule has 0 spiro atoms. The van der Waals surface area contributed by atoms with Gasteiger partial charge in [0.2, 0.25) is 11.0 Å². The monoisotopic (exact) mass is 423 g/mol. The number of ketones is 1. The highest BCUT2D eigenvalue weighted by Gasteiger charge is 2.35. The number of hydrogen-bond donors (Lipinski definition) is 0. The van der Waals surface area contributed by atoms with Gasteiger partial charge in [0, 0.05) is 18.0 Å². The zero-order valence-corrected chi connectivity index (χ0v) is 17.7. The third-order valence-electron chi connectivity index (χ3n) is 4.70. The van der Waals surface area contributed by atoms with Crippen molar-refractivity contribution in [2.45, 2.75) is 41.8 Å². The van der Waals surface area contributed by atoms with Gasteiger partial charge in [0.25, 0.3) is 0 Å². The minimum absolute atomic E-state index is 0.0298. The maximum absolute atomic E-state index is 13.2. The topological polar surface area (TPSA) is 63.2 Å². The van der Waals surface area contributed by atoms with E-state index in [4.69, 9.17) is 0 Å². The van der Waals surface area contributed by atoms with E-state index < -0.39 is 5.25 Å². The molecule has 1 saturated carbocycles. The van der Waals surface area contributed by atoms with Crippen LogP contribution in [0.4, 0.5) is 5.13 Å². The van der Waals surface area contributed by atoms with Crippen LogP contribution in [-0.4, -0.2) is 27.9 Å². The van der Waals surface area contributed by atoms with E-state index in [1.54, 1.807) is 4.90 Å². The van der Waals surface area contributed by atoms with Crippen LogP contribution in [0.1, 0.15) is 47.4 Å². The van der Waals surface area contributed by atoms with E-state index >= 15 is 0 Å². The Hall–Kier alpha value is -2.51. The molecule has 29 heavy (non-hydrogen) atoms.